The van der Waals surface area contributed by atoms with Crippen molar-refractivity contribution >= 4 is 22.4 Å². The van der Waals surface area contributed by atoms with Gasteiger partial charge < -0.3 is 10.6 Å². The van der Waals surface area contributed by atoms with E-state index in [1.807, 2.05) is 30.3 Å². The fourth-order valence-corrected chi connectivity index (χ4v) is 3.90. The van der Waals surface area contributed by atoms with Gasteiger partial charge in [0.1, 0.15) is 0 Å². The van der Waals surface area contributed by atoms with Crippen molar-refractivity contribution in [3.05, 3.63) is 46.5 Å². The second kappa shape index (κ2) is 4.93. The van der Waals surface area contributed by atoms with Crippen LogP contribution in [0.5, 0.6) is 0 Å². The molecule has 2 N–H and O–H groups in total. The summed E-state index contributed by atoms with van der Waals surface area (Å²) in [5.74, 6) is 0.0905. The molecule has 1 saturated carbocycles. The zero-order chi connectivity index (χ0) is 14.3. The fourth-order valence-electron chi connectivity index (χ4n) is 2.92. The van der Waals surface area contributed by atoms with Gasteiger partial charge in [-0.15, -0.1) is 11.3 Å². The molecule has 1 aromatic carbocycles. The van der Waals surface area contributed by atoms with E-state index >= 15 is 0 Å². The van der Waals surface area contributed by atoms with Crippen LogP contribution >= 0.6 is 11.3 Å². The molecule has 0 unspecified atom stereocenters. The average Bonchev–Trinajstić information content (AvgIpc) is 3.23. The third kappa shape index (κ3) is 2.26. The van der Waals surface area contributed by atoms with Crippen molar-refractivity contribution in [2.45, 2.75) is 31.2 Å². The molecule has 1 fully saturated rings. The van der Waals surface area contributed by atoms with Crippen LogP contribution in [0.3, 0.4) is 0 Å². The van der Waals surface area contributed by atoms with Gasteiger partial charge in [-0.2, -0.15) is 0 Å². The van der Waals surface area contributed by atoms with Crippen molar-refractivity contribution in [1.82, 2.24) is 10.3 Å². The van der Waals surface area contributed by atoms with E-state index in [2.05, 4.69) is 15.6 Å². The van der Waals surface area contributed by atoms with Crippen molar-refractivity contribution in [2.75, 3.05) is 11.9 Å². The molecule has 0 bridgehead atoms. The molecule has 0 atom stereocenters. The van der Waals surface area contributed by atoms with Gasteiger partial charge in [-0.3, -0.25) is 4.79 Å². The van der Waals surface area contributed by atoms with Gasteiger partial charge in [-0.25, -0.2) is 4.98 Å². The summed E-state index contributed by atoms with van der Waals surface area (Å²) in [7, 11) is 0. The van der Waals surface area contributed by atoms with Crippen molar-refractivity contribution in [3.8, 4) is 0 Å². The Hall–Kier alpha value is -1.72. The Morgan fingerprint density at radius 3 is 2.81 bits per heavy atom. The lowest BCUT2D eigenvalue weighted by atomic mass is 9.95. The zero-order valence-electron chi connectivity index (χ0n) is 11.7. The van der Waals surface area contributed by atoms with Crippen molar-refractivity contribution in [1.29, 1.82) is 0 Å². The molecule has 1 aromatic heterocycles. The van der Waals surface area contributed by atoms with Crippen LogP contribution < -0.4 is 10.6 Å². The third-order valence-electron chi connectivity index (χ3n) is 4.33. The lowest BCUT2D eigenvalue weighted by molar-refractivity contribution is -0.118. The summed E-state index contributed by atoms with van der Waals surface area (Å²) in [5, 5.41) is 7.12. The number of thiazole rings is 1. The standard InChI is InChI=1S/C16H17N3OS/c20-14(16(7-8-16)11-4-2-1-3-5-11)19-15-18-12-6-9-17-10-13(12)21-15/h1-5,17H,6-10H2,(H,18,19,20). The van der Waals surface area contributed by atoms with Crippen LogP contribution in [0.15, 0.2) is 30.3 Å². The SMILES string of the molecule is O=C(Nc1nc2c(s1)CNCC2)C1(c2ccccc2)CC1. The molecule has 4 nitrogen and oxygen atoms in total. The maximum atomic E-state index is 12.6. The van der Waals surface area contributed by atoms with Crippen molar-refractivity contribution in [2.24, 2.45) is 0 Å². The van der Waals surface area contributed by atoms with Crippen LogP contribution in [0.2, 0.25) is 0 Å². The van der Waals surface area contributed by atoms with Gasteiger partial charge in [0.25, 0.3) is 0 Å². The van der Waals surface area contributed by atoms with E-state index in [0.29, 0.717) is 0 Å². The lowest BCUT2D eigenvalue weighted by Crippen LogP contribution is -2.27. The lowest BCUT2D eigenvalue weighted by Gasteiger charge is -2.14. The van der Waals surface area contributed by atoms with E-state index < -0.39 is 0 Å². The number of amides is 1. The number of rotatable bonds is 3. The largest absolute Gasteiger partial charge is 0.311 e. The van der Waals surface area contributed by atoms with Crippen LogP contribution in [0.4, 0.5) is 5.13 Å². The van der Waals surface area contributed by atoms with Crippen LogP contribution in [0.1, 0.15) is 29.0 Å². The predicted molar refractivity (Wildman–Crippen MR) is 83.5 cm³/mol. The minimum Gasteiger partial charge on any atom is -0.311 e. The second-order valence-corrected chi connectivity index (χ2v) is 6.80. The summed E-state index contributed by atoms with van der Waals surface area (Å²) in [6, 6.07) is 10.1. The number of nitrogens with zero attached hydrogens (tertiary/aromatic N) is 1. The Morgan fingerprint density at radius 2 is 2.10 bits per heavy atom. The van der Waals surface area contributed by atoms with Gasteiger partial charge in [0, 0.05) is 24.4 Å². The van der Waals surface area contributed by atoms with E-state index in [9.17, 15) is 4.79 Å². The van der Waals surface area contributed by atoms with Gasteiger partial charge in [-0.05, 0) is 18.4 Å². The highest BCUT2D eigenvalue weighted by atomic mass is 32.1. The molecule has 2 heterocycles. The molecule has 0 radical (unpaired) electrons. The molecule has 2 aromatic rings. The van der Waals surface area contributed by atoms with Crippen molar-refractivity contribution in [3.63, 3.8) is 0 Å². The van der Waals surface area contributed by atoms with E-state index in [-0.39, 0.29) is 11.3 Å². The molecule has 108 valence electrons. The predicted octanol–water partition coefficient (Wildman–Crippen LogP) is 2.46. The van der Waals surface area contributed by atoms with Gasteiger partial charge in [0.2, 0.25) is 5.91 Å². The van der Waals surface area contributed by atoms with Crippen LogP contribution in [0.25, 0.3) is 0 Å². The summed E-state index contributed by atoms with van der Waals surface area (Å²) in [4.78, 5) is 18.5. The number of carbonyl (C=O) groups excluding carboxylic acids is 1. The first-order chi connectivity index (χ1) is 10.3. The summed E-state index contributed by atoms with van der Waals surface area (Å²) in [5.41, 5.74) is 1.93. The molecule has 5 heteroatoms. The molecule has 2 aliphatic rings. The first-order valence-corrected chi connectivity index (χ1v) is 8.16. The molecule has 0 spiro atoms. The monoisotopic (exact) mass is 299 g/mol. The number of aromatic nitrogens is 1. The van der Waals surface area contributed by atoms with E-state index in [1.165, 1.54) is 4.88 Å². The molecule has 21 heavy (non-hydrogen) atoms. The van der Waals surface area contributed by atoms with E-state index in [0.717, 1.165) is 48.7 Å². The highest BCUT2D eigenvalue weighted by molar-refractivity contribution is 7.15. The number of anilines is 1. The summed E-state index contributed by atoms with van der Waals surface area (Å²) in [6.45, 7) is 1.84. The average molecular weight is 299 g/mol. The van der Waals surface area contributed by atoms with Crippen molar-refractivity contribution < 1.29 is 4.79 Å². The minimum atomic E-state index is -0.328. The molecule has 1 aliphatic carbocycles. The molecular weight excluding hydrogens is 282 g/mol. The number of carbonyl (C=O) groups is 1. The highest BCUT2D eigenvalue weighted by Crippen LogP contribution is 2.49. The molecular formula is C16H17N3OS. The first kappa shape index (κ1) is 13.0. The first-order valence-electron chi connectivity index (χ1n) is 7.34. The Labute approximate surface area is 127 Å². The second-order valence-electron chi connectivity index (χ2n) is 5.72. The van der Waals surface area contributed by atoms with Crippen LogP contribution in [-0.2, 0) is 23.2 Å². The topological polar surface area (TPSA) is 54.0 Å². The molecule has 1 amide bonds. The van der Waals surface area contributed by atoms with E-state index in [1.54, 1.807) is 11.3 Å². The summed E-state index contributed by atoms with van der Waals surface area (Å²) in [6.07, 6.45) is 2.80. The molecule has 1 aliphatic heterocycles. The smallest absolute Gasteiger partial charge is 0.236 e. The molecule has 4 rings (SSSR count). The summed E-state index contributed by atoms with van der Waals surface area (Å²) >= 11 is 1.60. The summed E-state index contributed by atoms with van der Waals surface area (Å²) < 4.78 is 0. The van der Waals surface area contributed by atoms with E-state index in [4.69, 9.17) is 0 Å². The van der Waals surface area contributed by atoms with Gasteiger partial charge in [0.15, 0.2) is 5.13 Å². The Kier molecular flexibility index (Phi) is 3.05. The third-order valence-corrected chi connectivity index (χ3v) is 5.35. The van der Waals surface area contributed by atoms with Gasteiger partial charge in [-0.1, -0.05) is 30.3 Å². The number of hydrogen-bond acceptors (Lipinski definition) is 4. The Balaban J connectivity index is 1.55. The maximum absolute atomic E-state index is 12.6. The number of hydrogen-bond donors (Lipinski definition) is 2. The number of nitrogens with one attached hydrogen (secondary N) is 2. The Morgan fingerprint density at radius 1 is 1.29 bits per heavy atom. The van der Waals surface area contributed by atoms with Gasteiger partial charge in [0.05, 0.1) is 11.1 Å². The molecule has 0 saturated heterocycles. The normalized spacial score (nSPS) is 18.9. The zero-order valence-corrected chi connectivity index (χ0v) is 12.5. The number of fused-ring (bicyclic) bond motifs is 1. The minimum absolute atomic E-state index is 0.0905. The quantitative estimate of drug-likeness (QED) is 0.915. The number of benzene rings is 1. The highest BCUT2D eigenvalue weighted by Gasteiger charge is 2.51. The Bertz CT molecular complexity index is 653. The van der Waals surface area contributed by atoms with Crippen LogP contribution in [-0.4, -0.2) is 17.4 Å². The van der Waals surface area contributed by atoms with Crippen LogP contribution in [0, 0.1) is 0 Å². The van der Waals surface area contributed by atoms with Gasteiger partial charge >= 0.3 is 0 Å². The maximum Gasteiger partial charge on any atom is 0.236 e. The fraction of sp³-hybridized carbons (Fsp3) is 0.375.